The van der Waals surface area contributed by atoms with Crippen molar-refractivity contribution >= 4 is 11.9 Å². The molecule has 3 aliphatic heterocycles. The van der Waals surface area contributed by atoms with Gasteiger partial charge in [-0.15, -0.1) is 0 Å². The summed E-state index contributed by atoms with van der Waals surface area (Å²) in [7, 11) is 0. The molecule has 1 aromatic carbocycles. The lowest BCUT2D eigenvalue weighted by Crippen LogP contribution is -2.50. The van der Waals surface area contributed by atoms with Crippen LogP contribution in [0, 0.1) is 16.5 Å². The quantitative estimate of drug-likeness (QED) is 0.425. The fraction of sp³-hybridized carbons (Fsp3) is 0.552. The number of piperidine rings is 2. The molecule has 4 aliphatic rings. The van der Waals surface area contributed by atoms with Crippen molar-refractivity contribution in [1.82, 2.24) is 9.80 Å². The van der Waals surface area contributed by atoms with Crippen LogP contribution in [0.2, 0.25) is 0 Å². The summed E-state index contributed by atoms with van der Waals surface area (Å²) in [5, 5.41) is 19.1. The first-order chi connectivity index (χ1) is 19.4. The van der Waals surface area contributed by atoms with Gasteiger partial charge in [-0.05, 0) is 69.2 Å². The van der Waals surface area contributed by atoms with Gasteiger partial charge in [0.15, 0.2) is 17.7 Å². The lowest BCUT2D eigenvalue weighted by atomic mass is 9.71. The topological polar surface area (TPSA) is 106 Å². The predicted molar refractivity (Wildman–Crippen MR) is 140 cm³/mol. The highest BCUT2D eigenvalue weighted by molar-refractivity contribution is 5.91. The molecule has 2 saturated heterocycles. The summed E-state index contributed by atoms with van der Waals surface area (Å²) in [4.78, 5) is 26.1. The van der Waals surface area contributed by atoms with Crippen molar-refractivity contribution in [2.24, 2.45) is 11.3 Å². The van der Waals surface area contributed by atoms with Crippen LogP contribution in [0.15, 0.2) is 42.6 Å². The number of benzene rings is 1. The Morgan fingerprint density at radius 3 is 2.24 bits per heavy atom. The highest BCUT2D eigenvalue weighted by Crippen LogP contribution is 2.51. The number of pyridine rings is 1. The first-order valence-corrected chi connectivity index (χ1v) is 13.9. The van der Waals surface area contributed by atoms with E-state index in [0.29, 0.717) is 16.1 Å². The second kappa shape index (κ2) is 11.0. The van der Waals surface area contributed by atoms with Gasteiger partial charge < -0.3 is 24.7 Å². The van der Waals surface area contributed by atoms with Crippen LogP contribution >= 0.6 is 0 Å². The van der Waals surface area contributed by atoms with Gasteiger partial charge in [0, 0.05) is 50.2 Å². The molecule has 1 aromatic heterocycles. The lowest BCUT2D eigenvalue weighted by Gasteiger charge is -2.46. The Hall–Kier alpha value is -3.54. The number of carboxylic acid groups (broad SMARTS) is 1. The monoisotopic (exact) mass is 577 g/mol. The number of amides is 1. The van der Waals surface area contributed by atoms with Crippen molar-refractivity contribution in [3.8, 4) is 11.5 Å². The van der Waals surface area contributed by atoms with Gasteiger partial charge in [-0.3, -0.25) is 9.69 Å². The number of carbonyl (C=O) groups is 2. The van der Waals surface area contributed by atoms with Gasteiger partial charge in [-0.1, -0.05) is 12.1 Å². The largest absolute Gasteiger partial charge is 0.618 e. The summed E-state index contributed by atoms with van der Waals surface area (Å²) < 4.78 is 45.0. The Morgan fingerprint density at radius 2 is 1.66 bits per heavy atom. The molecule has 1 atom stereocenters. The van der Waals surface area contributed by atoms with Crippen molar-refractivity contribution in [3.05, 3.63) is 59.1 Å². The normalized spacial score (nSPS) is 23.6. The fourth-order valence-corrected chi connectivity index (χ4v) is 5.96. The first kappa shape index (κ1) is 29.0. The minimum Gasteiger partial charge on any atom is -0.618 e. The van der Waals surface area contributed by atoms with Crippen molar-refractivity contribution in [2.75, 3.05) is 26.2 Å². The van der Waals surface area contributed by atoms with Gasteiger partial charge in [0.1, 0.15) is 0 Å². The first-order valence-electron chi connectivity index (χ1n) is 13.9. The van der Waals surface area contributed by atoms with E-state index in [1.807, 2.05) is 11.0 Å². The number of hydrogen-bond donors (Lipinski definition) is 1. The van der Waals surface area contributed by atoms with Crippen molar-refractivity contribution < 1.29 is 42.1 Å². The van der Waals surface area contributed by atoms with Crippen molar-refractivity contribution in [3.63, 3.8) is 0 Å². The molecule has 1 saturated carbocycles. The summed E-state index contributed by atoms with van der Waals surface area (Å²) in [5.74, 6) is -1.09. The summed E-state index contributed by atoms with van der Waals surface area (Å²) in [6.07, 6.45) is 2.98. The van der Waals surface area contributed by atoms with Gasteiger partial charge >= 0.3 is 18.1 Å². The standard InChI is InChI=1S/C27H33N3O4.C2HF3O2/c1-26(21-8-9-21)33-23-7-4-5-20(24(23)34-26)19-28-15-10-27(11-16-28)12-17-29(18-13-27)25(31)22-6-2-3-14-30(22)32;3-2(4,5)1(6)7/h2-7,14,21H,8-13,15-19H2,1H3;(H,6,7). The minimum absolute atomic E-state index is 0.152. The zero-order valence-electron chi connectivity index (χ0n) is 22.9. The molecule has 2 aromatic rings. The number of fused-ring (bicyclic) bond motifs is 1. The fourth-order valence-electron chi connectivity index (χ4n) is 5.96. The van der Waals surface area contributed by atoms with Gasteiger partial charge in [0.25, 0.3) is 11.5 Å². The van der Waals surface area contributed by atoms with E-state index < -0.39 is 17.9 Å². The van der Waals surface area contributed by atoms with Crippen LogP contribution in [-0.4, -0.2) is 64.9 Å². The molecular formula is C29H34F3N3O6. The highest BCUT2D eigenvalue weighted by atomic mass is 19.4. The number of likely N-dealkylation sites (tertiary alicyclic amines) is 2. The number of aromatic nitrogens is 1. The number of carbonyl (C=O) groups excluding carboxylic acids is 1. The molecule has 0 radical (unpaired) electrons. The van der Waals surface area contributed by atoms with E-state index in [0.717, 1.165) is 69.9 Å². The summed E-state index contributed by atoms with van der Waals surface area (Å²) >= 11 is 0. The number of aliphatic carboxylic acids is 1. The number of alkyl halides is 3. The van der Waals surface area contributed by atoms with E-state index in [9.17, 15) is 23.2 Å². The van der Waals surface area contributed by atoms with Crippen LogP contribution in [0.1, 0.15) is 61.5 Å². The number of ether oxygens (including phenoxy) is 2. The maximum Gasteiger partial charge on any atom is 0.490 e. The van der Waals surface area contributed by atoms with E-state index in [4.69, 9.17) is 19.4 Å². The molecule has 1 unspecified atom stereocenters. The molecule has 9 nitrogen and oxygen atoms in total. The van der Waals surface area contributed by atoms with E-state index in [1.165, 1.54) is 24.6 Å². The Morgan fingerprint density at radius 1 is 1.02 bits per heavy atom. The third-order valence-electron chi connectivity index (χ3n) is 8.70. The molecule has 12 heteroatoms. The Labute approximate surface area is 236 Å². The molecule has 0 bridgehead atoms. The SMILES string of the molecule is CC1(C2CC2)Oc2cccc(CN3CCC4(CC3)CCN(C(=O)c3cccc[n+]3[O-])CC4)c2O1.O=C(O)C(F)(F)F. The third kappa shape index (κ3) is 6.37. The minimum atomic E-state index is -5.08. The molecule has 1 spiro atoms. The summed E-state index contributed by atoms with van der Waals surface area (Å²) in [6.45, 7) is 6.51. The maximum atomic E-state index is 12.8. The van der Waals surface area contributed by atoms with Gasteiger partial charge in [-0.2, -0.15) is 17.9 Å². The maximum absolute atomic E-state index is 12.8. The zero-order valence-corrected chi connectivity index (χ0v) is 22.9. The van der Waals surface area contributed by atoms with E-state index in [-0.39, 0.29) is 11.6 Å². The predicted octanol–water partition coefficient (Wildman–Crippen LogP) is 4.37. The van der Waals surface area contributed by atoms with Gasteiger partial charge in [-0.25, -0.2) is 4.79 Å². The molecular weight excluding hydrogens is 543 g/mol. The number of para-hydroxylation sites is 1. The second-order valence-electron chi connectivity index (χ2n) is 11.5. The van der Waals surface area contributed by atoms with Gasteiger partial charge in [0.2, 0.25) is 0 Å². The van der Waals surface area contributed by atoms with Crippen LogP contribution in [0.25, 0.3) is 0 Å². The third-order valence-corrected chi connectivity index (χ3v) is 8.70. The molecule has 1 aliphatic carbocycles. The highest BCUT2D eigenvalue weighted by Gasteiger charge is 2.50. The van der Waals surface area contributed by atoms with E-state index in [2.05, 4.69) is 24.0 Å². The van der Waals surface area contributed by atoms with Crippen molar-refractivity contribution in [1.29, 1.82) is 0 Å². The Balaban J connectivity index is 0.000000431. The van der Waals surface area contributed by atoms with Crippen LogP contribution in [-0.2, 0) is 11.3 Å². The smallest absolute Gasteiger partial charge is 0.490 e. The number of hydrogen-bond acceptors (Lipinski definition) is 6. The van der Waals surface area contributed by atoms with Crippen molar-refractivity contribution in [2.45, 2.75) is 64.0 Å². The van der Waals surface area contributed by atoms with Gasteiger partial charge in [0.05, 0.1) is 0 Å². The molecule has 3 fully saturated rings. The zero-order chi connectivity index (χ0) is 29.4. The molecule has 1 N–H and O–H groups in total. The number of nitrogens with zero attached hydrogens (tertiary/aromatic N) is 3. The number of halogens is 3. The Kier molecular flexibility index (Phi) is 7.80. The Bertz CT molecular complexity index is 1280. The summed E-state index contributed by atoms with van der Waals surface area (Å²) in [5.41, 5.74) is 1.74. The molecule has 6 rings (SSSR count). The number of carboxylic acids is 1. The average molecular weight is 578 g/mol. The molecule has 1 amide bonds. The molecule has 4 heterocycles. The van der Waals surface area contributed by atoms with Crippen LogP contribution < -0.4 is 14.2 Å². The van der Waals surface area contributed by atoms with Crippen LogP contribution in [0.5, 0.6) is 11.5 Å². The lowest BCUT2D eigenvalue weighted by molar-refractivity contribution is -0.608. The average Bonchev–Trinajstić information content (AvgIpc) is 3.73. The summed E-state index contributed by atoms with van der Waals surface area (Å²) in [6, 6.07) is 11.3. The van der Waals surface area contributed by atoms with Crippen LogP contribution in [0.3, 0.4) is 0 Å². The van der Waals surface area contributed by atoms with E-state index in [1.54, 1.807) is 18.2 Å². The van der Waals surface area contributed by atoms with E-state index >= 15 is 0 Å². The number of rotatable bonds is 4. The second-order valence-corrected chi connectivity index (χ2v) is 11.5. The molecule has 222 valence electrons. The molecule has 41 heavy (non-hydrogen) atoms. The van der Waals surface area contributed by atoms with Crippen LogP contribution in [0.4, 0.5) is 13.2 Å².